The second-order valence-corrected chi connectivity index (χ2v) is 3.98. The Morgan fingerprint density at radius 2 is 1.94 bits per heavy atom. The van der Waals surface area contributed by atoms with Crippen molar-refractivity contribution in [1.82, 2.24) is 0 Å². The first kappa shape index (κ1) is 12.3. The van der Waals surface area contributed by atoms with Gasteiger partial charge < -0.3 is 15.8 Å². The lowest BCUT2D eigenvalue weighted by atomic mass is 10.3. The Labute approximate surface area is 109 Å². The summed E-state index contributed by atoms with van der Waals surface area (Å²) < 4.78 is 18.6. The van der Waals surface area contributed by atoms with Crippen molar-refractivity contribution in [2.24, 2.45) is 5.73 Å². The average Bonchev–Trinajstić information content (AvgIpc) is 2.31. The molecule has 92 valence electrons. The minimum Gasteiger partial charge on any atom is -0.455 e. The van der Waals surface area contributed by atoms with Gasteiger partial charge in [0, 0.05) is 6.07 Å². The lowest BCUT2D eigenvalue weighted by Crippen LogP contribution is -2.19. The van der Waals surface area contributed by atoms with E-state index in [4.69, 9.17) is 22.7 Å². The van der Waals surface area contributed by atoms with Crippen LogP contribution in [0.5, 0.6) is 11.5 Å². The lowest BCUT2D eigenvalue weighted by Gasteiger charge is -2.11. The monoisotopic (exact) mass is 262 g/mol. The van der Waals surface area contributed by atoms with Crippen LogP contribution in [-0.2, 0) is 0 Å². The normalized spacial score (nSPS) is 9.83. The molecule has 0 saturated heterocycles. The van der Waals surface area contributed by atoms with Gasteiger partial charge in [-0.3, -0.25) is 0 Å². The van der Waals surface area contributed by atoms with Gasteiger partial charge in [-0.2, -0.15) is 0 Å². The van der Waals surface area contributed by atoms with Crippen LogP contribution in [0.3, 0.4) is 0 Å². The quantitative estimate of drug-likeness (QED) is 0.833. The van der Waals surface area contributed by atoms with E-state index in [9.17, 15) is 4.39 Å². The van der Waals surface area contributed by atoms with E-state index in [2.05, 4.69) is 5.32 Å². The Kier molecular flexibility index (Phi) is 3.74. The fourth-order valence-corrected chi connectivity index (χ4v) is 1.56. The molecule has 2 aromatic rings. The molecule has 0 radical (unpaired) electrons. The molecule has 0 aliphatic heterocycles. The number of ether oxygens (including phenoxy) is 1. The number of anilines is 1. The largest absolute Gasteiger partial charge is 0.455 e. The van der Waals surface area contributed by atoms with Gasteiger partial charge in [0.1, 0.15) is 11.6 Å². The van der Waals surface area contributed by atoms with Crippen molar-refractivity contribution in [2.45, 2.75) is 0 Å². The van der Waals surface area contributed by atoms with E-state index in [0.717, 1.165) is 0 Å². The van der Waals surface area contributed by atoms with E-state index in [1.807, 2.05) is 6.07 Å². The first-order valence-electron chi connectivity index (χ1n) is 5.24. The molecule has 0 amide bonds. The van der Waals surface area contributed by atoms with Gasteiger partial charge in [0.25, 0.3) is 0 Å². The van der Waals surface area contributed by atoms with Gasteiger partial charge in [-0.15, -0.1) is 0 Å². The zero-order valence-electron chi connectivity index (χ0n) is 9.39. The third-order valence-corrected chi connectivity index (χ3v) is 2.27. The maximum atomic E-state index is 13.0. The molecule has 0 saturated carbocycles. The molecule has 0 atom stereocenters. The molecule has 0 spiro atoms. The Balaban J connectivity index is 2.26. The van der Waals surface area contributed by atoms with Crippen LogP contribution in [0.4, 0.5) is 10.1 Å². The van der Waals surface area contributed by atoms with Crippen molar-refractivity contribution >= 4 is 23.0 Å². The van der Waals surface area contributed by atoms with Crippen molar-refractivity contribution in [2.75, 3.05) is 5.32 Å². The zero-order chi connectivity index (χ0) is 13.0. The van der Waals surface area contributed by atoms with E-state index in [1.54, 1.807) is 30.3 Å². The van der Waals surface area contributed by atoms with Gasteiger partial charge in [0.05, 0.1) is 5.69 Å². The van der Waals surface area contributed by atoms with Crippen LogP contribution in [-0.4, -0.2) is 5.11 Å². The highest BCUT2D eigenvalue weighted by Gasteiger charge is 2.05. The van der Waals surface area contributed by atoms with E-state index in [-0.39, 0.29) is 10.9 Å². The van der Waals surface area contributed by atoms with Crippen molar-refractivity contribution in [3.8, 4) is 11.5 Å². The molecular weight excluding hydrogens is 251 g/mol. The van der Waals surface area contributed by atoms with Crippen LogP contribution in [0, 0.1) is 5.82 Å². The summed E-state index contributed by atoms with van der Waals surface area (Å²) in [7, 11) is 0. The Morgan fingerprint density at radius 3 is 2.67 bits per heavy atom. The molecule has 0 aliphatic rings. The lowest BCUT2D eigenvalue weighted by molar-refractivity contribution is 0.479. The number of benzene rings is 2. The molecule has 0 aliphatic carbocycles. The smallest absolute Gasteiger partial charge is 0.168 e. The van der Waals surface area contributed by atoms with E-state index < -0.39 is 0 Å². The minimum absolute atomic E-state index is 0.144. The Bertz CT molecular complexity index is 574. The number of para-hydroxylation sites is 2. The highest BCUT2D eigenvalue weighted by atomic mass is 32.1. The molecular formula is C13H11FN2OS. The number of hydrogen-bond acceptors (Lipinski definition) is 2. The van der Waals surface area contributed by atoms with Crippen LogP contribution < -0.4 is 15.8 Å². The van der Waals surface area contributed by atoms with Crippen LogP contribution in [0.25, 0.3) is 0 Å². The van der Waals surface area contributed by atoms with Gasteiger partial charge in [-0.25, -0.2) is 4.39 Å². The summed E-state index contributed by atoms with van der Waals surface area (Å²) in [5, 5.41) is 2.94. The third kappa shape index (κ3) is 3.18. The van der Waals surface area contributed by atoms with E-state index in [1.165, 1.54) is 12.1 Å². The fourth-order valence-electron chi connectivity index (χ4n) is 1.45. The maximum absolute atomic E-state index is 13.0. The second-order valence-electron chi connectivity index (χ2n) is 3.54. The number of rotatable bonds is 3. The fraction of sp³-hybridized carbons (Fsp3) is 0. The number of nitrogens with one attached hydrogen (secondary N) is 1. The van der Waals surface area contributed by atoms with Crippen molar-refractivity contribution in [3.63, 3.8) is 0 Å². The molecule has 3 N–H and O–H groups in total. The summed E-state index contributed by atoms with van der Waals surface area (Å²) in [6, 6.07) is 13.0. The summed E-state index contributed by atoms with van der Waals surface area (Å²) in [6.07, 6.45) is 0. The van der Waals surface area contributed by atoms with Gasteiger partial charge in [-0.1, -0.05) is 18.2 Å². The first-order chi connectivity index (χ1) is 8.65. The Hall–Kier alpha value is -2.14. The molecule has 0 bridgehead atoms. The number of hydrogen-bond donors (Lipinski definition) is 2. The topological polar surface area (TPSA) is 47.3 Å². The summed E-state index contributed by atoms with van der Waals surface area (Å²) in [4.78, 5) is 0. The van der Waals surface area contributed by atoms with E-state index in [0.29, 0.717) is 17.2 Å². The van der Waals surface area contributed by atoms with Gasteiger partial charge in [0.15, 0.2) is 10.9 Å². The van der Waals surface area contributed by atoms with Gasteiger partial charge >= 0.3 is 0 Å². The van der Waals surface area contributed by atoms with Gasteiger partial charge in [-0.05, 0) is 36.5 Å². The van der Waals surface area contributed by atoms with Crippen LogP contribution in [0.15, 0.2) is 48.5 Å². The molecule has 2 rings (SSSR count). The summed E-state index contributed by atoms with van der Waals surface area (Å²) in [5.41, 5.74) is 6.05. The minimum atomic E-state index is -0.354. The summed E-state index contributed by atoms with van der Waals surface area (Å²) in [6.45, 7) is 0. The number of halogens is 1. The van der Waals surface area contributed by atoms with Crippen molar-refractivity contribution in [3.05, 3.63) is 54.3 Å². The van der Waals surface area contributed by atoms with E-state index >= 15 is 0 Å². The molecule has 0 unspecified atom stereocenters. The molecule has 3 nitrogen and oxygen atoms in total. The first-order valence-corrected chi connectivity index (χ1v) is 5.65. The van der Waals surface area contributed by atoms with Crippen molar-refractivity contribution < 1.29 is 9.13 Å². The highest BCUT2D eigenvalue weighted by molar-refractivity contribution is 7.80. The average molecular weight is 262 g/mol. The predicted octanol–water partition coefficient (Wildman–Crippen LogP) is 3.27. The number of thiocarbonyl (C=S) groups is 1. The van der Waals surface area contributed by atoms with Crippen LogP contribution in [0.1, 0.15) is 0 Å². The Morgan fingerprint density at radius 1 is 1.17 bits per heavy atom. The van der Waals surface area contributed by atoms with Crippen LogP contribution >= 0.6 is 12.2 Å². The van der Waals surface area contributed by atoms with Crippen LogP contribution in [0.2, 0.25) is 0 Å². The standard InChI is InChI=1S/C13H11FN2OS/c14-9-4-3-5-10(8-9)17-12-7-2-1-6-11(12)16-13(15)18/h1-8H,(H3,15,16,18). The molecule has 18 heavy (non-hydrogen) atoms. The second kappa shape index (κ2) is 5.46. The third-order valence-electron chi connectivity index (χ3n) is 2.17. The molecule has 2 aromatic carbocycles. The SMILES string of the molecule is NC(=S)Nc1ccccc1Oc1cccc(F)c1. The molecule has 0 aromatic heterocycles. The zero-order valence-corrected chi connectivity index (χ0v) is 10.2. The van der Waals surface area contributed by atoms with Gasteiger partial charge in [0.2, 0.25) is 0 Å². The highest BCUT2D eigenvalue weighted by Crippen LogP contribution is 2.29. The number of nitrogens with two attached hydrogens (primary N) is 1. The predicted molar refractivity (Wildman–Crippen MR) is 73.3 cm³/mol. The molecule has 0 fully saturated rings. The molecule has 5 heteroatoms. The summed E-state index contributed by atoms with van der Waals surface area (Å²) in [5.74, 6) is 0.579. The maximum Gasteiger partial charge on any atom is 0.168 e. The molecule has 0 heterocycles. The summed E-state index contributed by atoms with van der Waals surface area (Å²) >= 11 is 4.77. The van der Waals surface area contributed by atoms with Crippen molar-refractivity contribution in [1.29, 1.82) is 0 Å².